The van der Waals surface area contributed by atoms with Crippen LogP contribution < -0.4 is 5.32 Å². The maximum Gasteiger partial charge on any atom is 0.306 e. The van der Waals surface area contributed by atoms with E-state index in [1.54, 1.807) is 0 Å². The van der Waals surface area contributed by atoms with Crippen molar-refractivity contribution < 1.29 is 9.90 Å². The molecule has 12 heavy (non-hydrogen) atoms. The normalized spacial score (nSPS) is 29.1. The van der Waals surface area contributed by atoms with Crippen molar-refractivity contribution >= 4 is 23.0 Å². The van der Waals surface area contributed by atoms with E-state index in [9.17, 15) is 4.79 Å². The number of nitrogens with one attached hydrogen (secondary N) is 1. The van der Waals surface area contributed by atoms with Crippen molar-refractivity contribution in [3.05, 3.63) is 0 Å². The first kappa shape index (κ1) is 11.9. The summed E-state index contributed by atoms with van der Waals surface area (Å²) in [5, 5.41) is 11.8. The summed E-state index contributed by atoms with van der Waals surface area (Å²) in [5.41, 5.74) is 0. The molecule has 0 aromatic heterocycles. The molecule has 0 aliphatic heterocycles. The number of aliphatic carboxylic acids is 1. The van der Waals surface area contributed by atoms with Crippen LogP contribution in [0, 0.1) is 5.92 Å². The SMILES string of the molecule is Br.CNC1CCC(C(=O)O)CC1. The maximum atomic E-state index is 10.5. The molecule has 0 amide bonds. The first-order chi connectivity index (χ1) is 5.24. The van der Waals surface area contributed by atoms with Gasteiger partial charge in [-0.25, -0.2) is 0 Å². The van der Waals surface area contributed by atoms with Crippen LogP contribution in [-0.2, 0) is 4.79 Å². The molecule has 4 heteroatoms. The van der Waals surface area contributed by atoms with Crippen LogP contribution in [0.15, 0.2) is 0 Å². The van der Waals surface area contributed by atoms with Crippen LogP contribution in [-0.4, -0.2) is 24.2 Å². The zero-order chi connectivity index (χ0) is 8.27. The van der Waals surface area contributed by atoms with E-state index < -0.39 is 5.97 Å². The Kier molecular flexibility index (Phi) is 5.50. The quantitative estimate of drug-likeness (QED) is 0.765. The standard InChI is InChI=1S/C8H15NO2.BrH/c1-9-7-4-2-6(3-5-7)8(10)11;/h6-7,9H,2-5H2,1H3,(H,10,11);1H. The van der Waals surface area contributed by atoms with Crippen LogP contribution in [0.4, 0.5) is 0 Å². The number of rotatable bonds is 2. The lowest BCUT2D eigenvalue weighted by atomic mass is 9.86. The van der Waals surface area contributed by atoms with Crippen LogP contribution in [0.25, 0.3) is 0 Å². The molecule has 0 unspecified atom stereocenters. The van der Waals surface area contributed by atoms with Crippen LogP contribution in [0.5, 0.6) is 0 Å². The molecule has 1 aliphatic carbocycles. The fourth-order valence-corrected chi connectivity index (χ4v) is 1.63. The Labute approximate surface area is 83.3 Å². The summed E-state index contributed by atoms with van der Waals surface area (Å²) < 4.78 is 0. The van der Waals surface area contributed by atoms with E-state index in [0.29, 0.717) is 6.04 Å². The summed E-state index contributed by atoms with van der Waals surface area (Å²) in [7, 11) is 1.94. The molecule has 3 nitrogen and oxygen atoms in total. The Morgan fingerprint density at radius 1 is 1.33 bits per heavy atom. The van der Waals surface area contributed by atoms with Gasteiger partial charge in [0.05, 0.1) is 5.92 Å². The molecule has 1 aliphatic rings. The molecule has 0 spiro atoms. The summed E-state index contributed by atoms with van der Waals surface area (Å²) in [6.07, 6.45) is 3.68. The molecule has 0 bridgehead atoms. The molecule has 0 atom stereocenters. The fourth-order valence-electron chi connectivity index (χ4n) is 1.63. The van der Waals surface area contributed by atoms with Gasteiger partial charge in [0.15, 0.2) is 0 Å². The zero-order valence-electron chi connectivity index (χ0n) is 7.25. The minimum atomic E-state index is -0.625. The molecule has 1 saturated carbocycles. The van der Waals surface area contributed by atoms with Gasteiger partial charge in [-0.3, -0.25) is 4.79 Å². The highest BCUT2D eigenvalue weighted by Gasteiger charge is 2.24. The second-order valence-corrected chi connectivity index (χ2v) is 3.18. The van der Waals surface area contributed by atoms with Crippen molar-refractivity contribution in [3.63, 3.8) is 0 Å². The van der Waals surface area contributed by atoms with Crippen molar-refractivity contribution in [1.29, 1.82) is 0 Å². The molecule has 1 rings (SSSR count). The first-order valence-electron chi connectivity index (χ1n) is 4.14. The number of carboxylic acid groups (broad SMARTS) is 1. The Morgan fingerprint density at radius 3 is 2.17 bits per heavy atom. The van der Waals surface area contributed by atoms with Crippen LogP contribution in [0.1, 0.15) is 25.7 Å². The van der Waals surface area contributed by atoms with Gasteiger partial charge in [0, 0.05) is 6.04 Å². The average Bonchev–Trinajstić information content (AvgIpc) is 2.05. The molecule has 0 saturated heterocycles. The lowest BCUT2D eigenvalue weighted by molar-refractivity contribution is -0.142. The molecule has 0 heterocycles. The second kappa shape index (κ2) is 5.54. The minimum absolute atomic E-state index is 0. The zero-order valence-corrected chi connectivity index (χ0v) is 8.96. The Bertz CT molecular complexity index is 144. The van der Waals surface area contributed by atoms with E-state index in [1.165, 1.54) is 0 Å². The van der Waals surface area contributed by atoms with E-state index in [0.717, 1.165) is 25.7 Å². The molecular weight excluding hydrogens is 222 g/mol. The van der Waals surface area contributed by atoms with Crippen molar-refractivity contribution in [3.8, 4) is 0 Å². The van der Waals surface area contributed by atoms with Gasteiger partial charge in [0.1, 0.15) is 0 Å². The minimum Gasteiger partial charge on any atom is -0.481 e. The van der Waals surface area contributed by atoms with Crippen LogP contribution in [0.3, 0.4) is 0 Å². The topological polar surface area (TPSA) is 49.3 Å². The van der Waals surface area contributed by atoms with Gasteiger partial charge in [-0.05, 0) is 32.7 Å². The summed E-state index contributed by atoms with van der Waals surface area (Å²) in [6, 6.07) is 0.547. The van der Waals surface area contributed by atoms with E-state index in [1.807, 2.05) is 7.05 Å². The summed E-state index contributed by atoms with van der Waals surface area (Å²) >= 11 is 0. The van der Waals surface area contributed by atoms with Gasteiger partial charge in [-0.15, -0.1) is 17.0 Å². The third kappa shape index (κ3) is 3.11. The number of hydrogen-bond donors (Lipinski definition) is 2. The third-order valence-corrected chi connectivity index (χ3v) is 2.48. The Hall–Kier alpha value is -0.0900. The molecule has 0 aromatic carbocycles. The second-order valence-electron chi connectivity index (χ2n) is 3.18. The Morgan fingerprint density at radius 2 is 1.83 bits per heavy atom. The average molecular weight is 238 g/mol. The lowest BCUT2D eigenvalue weighted by Gasteiger charge is -2.25. The molecular formula is C8H16BrNO2. The number of hydrogen-bond acceptors (Lipinski definition) is 2. The smallest absolute Gasteiger partial charge is 0.306 e. The van der Waals surface area contributed by atoms with Crippen molar-refractivity contribution in [2.24, 2.45) is 5.92 Å². The van der Waals surface area contributed by atoms with Crippen LogP contribution >= 0.6 is 17.0 Å². The number of halogens is 1. The van der Waals surface area contributed by atoms with E-state index >= 15 is 0 Å². The van der Waals surface area contributed by atoms with E-state index in [-0.39, 0.29) is 22.9 Å². The lowest BCUT2D eigenvalue weighted by Crippen LogP contribution is -2.32. The predicted molar refractivity (Wildman–Crippen MR) is 52.8 cm³/mol. The molecule has 1 fully saturated rings. The summed E-state index contributed by atoms with van der Waals surface area (Å²) in [4.78, 5) is 10.5. The van der Waals surface area contributed by atoms with Gasteiger partial charge in [0.2, 0.25) is 0 Å². The third-order valence-electron chi connectivity index (χ3n) is 2.48. The van der Waals surface area contributed by atoms with Crippen molar-refractivity contribution in [2.75, 3.05) is 7.05 Å². The highest BCUT2D eigenvalue weighted by Crippen LogP contribution is 2.23. The molecule has 0 aromatic rings. The van der Waals surface area contributed by atoms with E-state index in [4.69, 9.17) is 5.11 Å². The summed E-state index contributed by atoms with van der Waals surface area (Å²) in [6.45, 7) is 0. The van der Waals surface area contributed by atoms with Gasteiger partial charge < -0.3 is 10.4 Å². The Balaban J connectivity index is 0.00000121. The maximum absolute atomic E-state index is 10.5. The molecule has 2 N–H and O–H groups in total. The van der Waals surface area contributed by atoms with Gasteiger partial charge in [0.25, 0.3) is 0 Å². The van der Waals surface area contributed by atoms with Crippen molar-refractivity contribution in [2.45, 2.75) is 31.7 Å². The highest BCUT2D eigenvalue weighted by atomic mass is 79.9. The monoisotopic (exact) mass is 237 g/mol. The largest absolute Gasteiger partial charge is 0.481 e. The van der Waals surface area contributed by atoms with Crippen molar-refractivity contribution in [1.82, 2.24) is 5.32 Å². The summed E-state index contributed by atoms with van der Waals surface area (Å²) in [5.74, 6) is -0.709. The highest BCUT2D eigenvalue weighted by molar-refractivity contribution is 8.93. The fraction of sp³-hybridized carbons (Fsp3) is 0.875. The molecule has 72 valence electrons. The van der Waals surface area contributed by atoms with Gasteiger partial charge >= 0.3 is 5.97 Å². The van der Waals surface area contributed by atoms with Gasteiger partial charge in [-0.1, -0.05) is 0 Å². The number of carboxylic acids is 1. The first-order valence-corrected chi connectivity index (χ1v) is 4.14. The number of carbonyl (C=O) groups is 1. The van der Waals surface area contributed by atoms with E-state index in [2.05, 4.69) is 5.32 Å². The van der Waals surface area contributed by atoms with Crippen LogP contribution in [0.2, 0.25) is 0 Å². The van der Waals surface area contributed by atoms with Gasteiger partial charge in [-0.2, -0.15) is 0 Å². The predicted octanol–water partition coefficient (Wildman–Crippen LogP) is 1.43. The molecule has 0 radical (unpaired) electrons.